The minimum absolute atomic E-state index is 0. The fraction of sp³-hybridized carbons (Fsp3) is 0.833. The summed E-state index contributed by atoms with van der Waals surface area (Å²) in [5, 5.41) is 36.0. The van der Waals surface area contributed by atoms with E-state index < -0.39 is 12.2 Å². The Labute approximate surface area is 427 Å². The fourth-order valence-corrected chi connectivity index (χ4v) is 9.07. The van der Waals surface area contributed by atoms with Crippen molar-refractivity contribution >= 4 is 47.7 Å². The molecule has 0 aromatic rings. The molecule has 70 heavy (non-hydrogen) atoms. The summed E-state index contributed by atoms with van der Waals surface area (Å²) >= 11 is 0. The highest BCUT2D eigenvalue weighted by Crippen LogP contribution is 2.35. The van der Waals surface area contributed by atoms with E-state index in [1.165, 1.54) is 24.6 Å². The van der Waals surface area contributed by atoms with E-state index in [-0.39, 0.29) is 141 Å². The molecule has 21 nitrogen and oxygen atoms in total. The SMILES string of the molecule is CC[C@@H](O)[C@H](CCO)C1OCCO1.CC[C@@H]1C=CC(=O)O1.CC[C@H]1OC(=O)C[C@@H]1C1OCCO1.C[C@H]1CO[C@H]2OCC[C@H]21.I.O=C1C=C[C@@H](CO)O1.O=C1CO[C@H]2OCC[C@@H]12.O[C@@H]1CO[C@H]2OCC[C@H]21. The first-order valence-electron chi connectivity index (χ1n) is 24.6. The van der Waals surface area contributed by atoms with Crippen molar-refractivity contribution in [1.82, 2.24) is 0 Å². The molecule has 0 aromatic carbocycles. The van der Waals surface area contributed by atoms with Crippen LogP contribution < -0.4 is 0 Å². The van der Waals surface area contributed by atoms with E-state index in [1.807, 2.05) is 20.8 Å². The number of Topliss-reactive ketones (excluding diaryl/α,β-unsaturated/α-hetero) is 1. The molecule has 4 N–H and O–H groups in total. The first kappa shape index (κ1) is 60.3. The lowest BCUT2D eigenvalue weighted by atomic mass is 9.96. The summed E-state index contributed by atoms with van der Waals surface area (Å²) in [6, 6.07) is 0. The summed E-state index contributed by atoms with van der Waals surface area (Å²) in [5.41, 5.74) is 0. The van der Waals surface area contributed by atoms with Crippen molar-refractivity contribution in [3.63, 3.8) is 0 Å². The topological polar surface area (TPSA) is 269 Å². The van der Waals surface area contributed by atoms with Gasteiger partial charge in [0.05, 0.1) is 96.5 Å². The van der Waals surface area contributed by atoms with Gasteiger partial charge >= 0.3 is 17.9 Å². The van der Waals surface area contributed by atoms with E-state index in [9.17, 15) is 29.4 Å². The van der Waals surface area contributed by atoms with Gasteiger partial charge in [-0.3, -0.25) is 9.59 Å². The highest BCUT2D eigenvalue weighted by molar-refractivity contribution is 14.0. The lowest BCUT2D eigenvalue weighted by Gasteiger charge is -2.25. The molecule has 0 aliphatic carbocycles. The van der Waals surface area contributed by atoms with Crippen LogP contribution in [0.2, 0.25) is 0 Å². The molecule has 11 aliphatic rings. The van der Waals surface area contributed by atoms with E-state index >= 15 is 0 Å². The van der Waals surface area contributed by atoms with Crippen molar-refractivity contribution in [3.05, 3.63) is 24.3 Å². The number of hydrogen-bond acceptors (Lipinski definition) is 21. The van der Waals surface area contributed by atoms with E-state index in [0.717, 1.165) is 51.4 Å². The van der Waals surface area contributed by atoms with Gasteiger partial charge in [-0.05, 0) is 63.0 Å². The van der Waals surface area contributed by atoms with Gasteiger partial charge in [0.25, 0.3) is 0 Å². The van der Waals surface area contributed by atoms with Gasteiger partial charge in [-0.2, -0.15) is 0 Å². The molecular formula is C48H77IO21. The highest BCUT2D eigenvalue weighted by Gasteiger charge is 2.43. The van der Waals surface area contributed by atoms with E-state index in [2.05, 4.69) is 11.7 Å². The van der Waals surface area contributed by atoms with Crippen LogP contribution in [0.1, 0.15) is 79.1 Å². The second-order valence-corrected chi connectivity index (χ2v) is 17.9. The third-order valence-corrected chi connectivity index (χ3v) is 13.1. The molecule has 14 atom stereocenters. The predicted molar refractivity (Wildman–Crippen MR) is 254 cm³/mol. The Morgan fingerprint density at radius 1 is 0.629 bits per heavy atom. The van der Waals surface area contributed by atoms with Crippen LogP contribution in [-0.2, 0) is 80.8 Å². The Hall–Kier alpha value is -2.27. The largest absolute Gasteiger partial charge is 0.462 e. The predicted octanol–water partition coefficient (Wildman–Crippen LogP) is 2.49. The van der Waals surface area contributed by atoms with Gasteiger partial charge in [0.1, 0.15) is 24.9 Å². The summed E-state index contributed by atoms with van der Waals surface area (Å²) in [5.74, 6) is 1.23. The van der Waals surface area contributed by atoms with Crippen LogP contribution in [0.5, 0.6) is 0 Å². The normalized spacial score (nSPS) is 35.0. The number of hydrogen-bond donors (Lipinski definition) is 4. The number of aliphatic hydroxyl groups excluding tert-OH is 4. The Balaban J connectivity index is 0.000000179. The summed E-state index contributed by atoms with van der Waals surface area (Å²) < 4.78 is 66.8. The van der Waals surface area contributed by atoms with Gasteiger partial charge in [-0.1, -0.05) is 27.7 Å². The quantitative estimate of drug-likeness (QED) is 0.147. The Morgan fingerprint density at radius 2 is 1.19 bits per heavy atom. The third-order valence-electron chi connectivity index (χ3n) is 13.1. The van der Waals surface area contributed by atoms with Crippen molar-refractivity contribution in [2.45, 2.75) is 141 Å². The van der Waals surface area contributed by atoms with Crippen LogP contribution >= 0.6 is 24.0 Å². The number of ether oxygens (including phenoxy) is 13. The van der Waals surface area contributed by atoms with Crippen LogP contribution in [0.25, 0.3) is 0 Å². The molecule has 0 unspecified atom stereocenters. The number of aliphatic hydroxyl groups is 4. The standard InChI is InChI=1S/C9H14O4.C9H18O4.C7H12O2.C6H10O3.C6H8O3.C6H8O2.C5H6O3.HI/c1-2-7-6(5-8(10)13-7)9-11-3-4-12-9;1-2-8(11)7(3-4-10)9-12-5-6-13-9;1-5-4-9-7-6(5)2-3-8-7;2*7-5-3-9-6-4(5)1-2-8-6;1-2-5-3-4-6(7)8-5;6-3-4-1-2-5(7)8-4;/h6-7,9H,2-5H2,1H3;7-11H,2-6H2,1H3;5-7H,2-4H2,1H3;4-7H,1-3H2;4,6H,1-3H2;3-5H,2H2,1H3;1-2,4,6H,3H2;1H/t6-,7+;7-,8+;5-,6-,7+;4-,5+,6+;4-,6+;5-;4-;/m0000010./s1. The molecule has 22 heteroatoms. The molecule has 11 aliphatic heterocycles. The van der Waals surface area contributed by atoms with Crippen LogP contribution in [0.3, 0.4) is 0 Å². The lowest BCUT2D eigenvalue weighted by molar-refractivity contribution is -0.143. The van der Waals surface area contributed by atoms with Gasteiger partial charge in [-0.15, -0.1) is 24.0 Å². The minimum atomic E-state index is -0.449. The van der Waals surface area contributed by atoms with Crippen molar-refractivity contribution in [1.29, 1.82) is 0 Å². The van der Waals surface area contributed by atoms with Gasteiger partial charge in [0.2, 0.25) is 0 Å². The molecule has 0 saturated carbocycles. The molecule has 402 valence electrons. The second-order valence-electron chi connectivity index (χ2n) is 17.9. The van der Waals surface area contributed by atoms with Crippen LogP contribution in [0.15, 0.2) is 24.3 Å². The number of halogens is 1. The van der Waals surface area contributed by atoms with Crippen molar-refractivity contribution < 1.29 is 101 Å². The molecule has 0 amide bonds. The number of carbonyl (C=O) groups excluding carboxylic acids is 4. The Kier molecular flexibility index (Phi) is 27.7. The van der Waals surface area contributed by atoms with Crippen LogP contribution in [-0.4, -0.2) is 185 Å². The smallest absolute Gasteiger partial charge is 0.331 e. The van der Waals surface area contributed by atoms with E-state index in [0.29, 0.717) is 64.8 Å². The maximum atomic E-state index is 11.0. The number of fused-ring (bicyclic) bond motifs is 3. The first-order valence-corrected chi connectivity index (χ1v) is 24.6. The summed E-state index contributed by atoms with van der Waals surface area (Å²) in [6.07, 6.45) is 10.6. The molecule has 0 aromatic heterocycles. The zero-order valence-corrected chi connectivity index (χ0v) is 43.2. The Bertz CT molecular complexity index is 1550. The average Bonchev–Trinajstić information content (AvgIpc) is 4.19. The summed E-state index contributed by atoms with van der Waals surface area (Å²) in [6.45, 7) is 14.4. The first-order chi connectivity index (χ1) is 33.4. The number of ketones is 1. The van der Waals surface area contributed by atoms with Gasteiger partial charge < -0.3 is 82.0 Å². The number of carbonyl (C=O) groups is 4. The maximum absolute atomic E-state index is 11.0. The van der Waals surface area contributed by atoms with Gasteiger partial charge in [-0.25, -0.2) is 9.59 Å². The molecule has 9 fully saturated rings. The lowest BCUT2D eigenvalue weighted by Crippen LogP contribution is -2.33. The number of rotatable bonds is 9. The number of cyclic esters (lactones) is 3. The zero-order chi connectivity index (χ0) is 49.7. The molecule has 9 saturated heterocycles. The monoisotopic (exact) mass is 1120 g/mol. The molecule has 11 heterocycles. The third kappa shape index (κ3) is 18.6. The Morgan fingerprint density at radius 3 is 1.70 bits per heavy atom. The van der Waals surface area contributed by atoms with Crippen molar-refractivity contribution in [3.8, 4) is 0 Å². The highest BCUT2D eigenvalue weighted by atomic mass is 127. The molecule has 0 bridgehead atoms. The summed E-state index contributed by atoms with van der Waals surface area (Å²) in [4.78, 5) is 42.4. The number of esters is 3. The molecule has 11 rings (SSSR count). The molecule has 0 radical (unpaired) electrons. The zero-order valence-electron chi connectivity index (χ0n) is 40.8. The van der Waals surface area contributed by atoms with Crippen molar-refractivity contribution in [2.24, 2.45) is 35.5 Å². The van der Waals surface area contributed by atoms with Crippen molar-refractivity contribution in [2.75, 3.05) is 79.3 Å². The van der Waals surface area contributed by atoms with Crippen LogP contribution in [0.4, 0.5) is 0 Å². The second kappa shape index (κ2) is 32.1. The average molecular weight is 1120 g/mol. The molecule has 0 spiro atoms. The fourth-order valence-electron chi connectivity index (χ4n) is 9.07. The minimum Gasteiger partial charge on any atom is -0.462 e. The summed E-state index contributed by atoms with van der Waals surface area (Å²) in [7, 11) is 0. The molecular weight excluding hydrogens is 1040 g/mol. The van der Waals surface area contributed by atoms with Gasteiger partial charge in [0.15, 0.2) is 37.2 Å². The maximum Gasteiger partial charge on any atom is 0.331 e. The van der Waals surface area contributed by atoms with E-state index in [1.54, 1.807) is 6.08 Å². The van der Waals surface area contributed by atoms with Crippen LogP contribution in [0, 0.1) is 35.5 Å². The van der Waals surface area contributed by atoms with E-state index in [4.69, 9.17) is 67.1 Å². The van der Waals surface area contributed by atoms with Gasteiger partial charge in [0, 0.05) is 36.5 Å².